The molecule has 0 aromatic heterocycles. The zero-order chi connectivity index (χ0) is 11.2. The Bertz CT molecular complexity index is 530. The molecule has 1 aromatic carbocycles. The lowest BCUT2D eigenvalue weighted by Gasteiger charge is -2.00. The largest absolute Gasteiger partial charge is 0.478 e. The lowest BCUT2D eigenvalue weighted by molar-refractivity contribution is 0.0696. The summed E-state index contributed by atoms with van der Waals surface area (Å²) in [5, 5.41) is 8.31. The Labute approximate surface area is 87.5 Å². The van der Waals surface area contributed by atoms with Gasteiger partial charge in [0.25, 0.3) is 0 Å². The first-order valence-electron chi connectivity index (χ1n) is 4.53. The molecule has 5 heteroatoms. The highest BCUT2D eigenvalue weighted by Gasteiger charge is 2.33. The molecule has 1 aromatic rings. The molecule has 1 aliphatic heterocycles. The fourth-order valence-corrected chi connectivity index (χ4v) is 3.38. The SMILES string of the molecule is CC1Cc2cc(C(=O)O)ccc2S1(=O)=O. The molecule has 15 heavy (non-hydrogen) atoms. The predicted octanol–water partition coefficient (Wildman–Crippen LogP) is 1.10. The normalized spacial score (nSPS) is 22.3. The molecular formula is C10H10O4S. The molecule has 0 aliphatic carbocycles. The number of aromatic carboxylic acids is 1. The summed E-state index contributed by atoms with van der Waals surface area (Å²) in [6, 6.07) is 4.16. The Kier molecular flexibility index (Phi) is 2.08. The van der Waals surface area contributed by atoms with E-state index in [0.29, 0.717) is 12.0 Å². The molecule has 80 valence electrons. The number of carboxylic acids is 1. The Balaban J connectivity index is 2.61. The molecule has 1 unspecified atom stereocenters. The molecule has 2 rings (SSSR count). The van der Waals surface area contributed by atoms with Gasteiger partial charge in [0.2, 0.25) is 0 Å². The summed E-state index contributed by atoms with van der Waals surface area (Å²) < 4.78 is 23.4. The lowest BCUT2D eigenvalue weighted by Crippen LogP contribution is -2.11. The molecule has 4 nitrogen and oxygen atoms in total. The number of rotatable bonds is 1. The monoisotopic (exact) mass is 226 g/mol. The van der Waals surface area contributed by atoms with Crippen molar-refractivity contribution < 1.29 is 18.3 Å². The van der Waals surface area contributed by atoms with Crippen molar-refractivity contribution in [3.05, 3.63) is 29.3 Å². The van der Waals surface area contributed by atoms with Gasteiger partial charge in [-0.05, 0) is 37.1 Å². The van der Waals surface area contributed by atoms with Crippen molar-refractivity contribution in [2.45, 2.75) is 23.5 Å². The first-order valence-corrected chi connectivity index (χ1v) is 6.07. The van der Waals surface area contributed by atoms with E-state index < -0.39 is 21.1 Å². The molecule has 0 saturated carbocycles. The fraction of sp³-hybridized carbons (Fsp3) is 0.300. The maximum Gasteiger partial charge on any atom is 0.335 e. The van der Waals surface area contributed by atoms with Crippen LogP contribution in [0.2, 0.25) is 0 Å². The van der Waals surface area contributed by atoms with Crippen LogP contribution in [0.1, 0.15) is 22.8 Å². The van der Waals surface area contributed by atoms with Gasteiger partial charge >= 0.3 is 5.97 Å². The smallest absolute Gasteiger partial charge is 0.335 e. The second-order valence-electron chi connectivity index (χ2n) is 3.69. The van der Waals surface area contributed by atoms with Gasteiger partial charge in [0.05, 0.1) is 15.7 Å². The molecule has 1 N–H and O–H groups in total. The molecule has 0 radical (unpaired) electrons. The first kappa shape index (κ1) is 10.2. The van der Waals surface area contributed by atoms with Crippen LogP contribution in [0.3, 0.4) is 0 Å². The highest BCUT2D eigenvalue weighted by molar-refractivity contribution is 7.92. The molecule has 1 atom stereocenters. The number of hydrogen-bond acceptors (Lipinski definition) is 3. The summed E-state index contributed by atoms with van der Waals surface area (Å²) in [6.07, 6.45) is 0.402. The average Bonchev–Trinajstić information content (AvgIpc) is 2.38. The van der Waals surface area contributed by atoms with E-state index in [4.69, 9.17) is 5.11 Å². The van der Waals surface area contributed by atoms with Crippen LogP contribution in [0.5, 0.6) is 0 Å². The number of benzene rings is 1. The Morgan fingerprint density at radius 3 is 2.73 bits per heavy atom. The van der Waals surface area contributed by atoms with Crippen molar-refractivity contribution in [3.63, 3.8) is 0 Å². The standard InChI is InChI=1S/C10H10O4S/c1-6-4-8-5-7(10(11)12)2-3-9(8)15(6,13)14/h2-3,5-6H,4H2,1H3,(H,11,12). The van der Waals surface area contributed by atoms with E-state index in [9.17, 15) is 13.2 Å². The van der Waals surface area contributed by atoms with Gasteiger partial charge in [0.15, 0.2) is 9.84 Å². The zero-order valence-corrected chi connectivity index (χ0v) is 8.91. The summed E-state index contributed by atoms with van der Waals surface area (Å²) in [5.74, 6) is -1.03. The van der Waals surface area contributed by atoms with Crippen LogP contribution in [-0.4, -0.2) is 24.7 Å². The summed E-state index contributed by atoms with van der Waals surface area (Å²) in [7, 11) is -3.22. The predicted molar refractivity (Wildman–Crippen MR) is 53.8 cm³/mol. The second-order valence-corrected chi connectivity index (χ2v) is 6.02. The third-order valence-corrected chi connectivity index (χ3v) is 4.89. The van der Waals surface area contributed by atoms with Crippen LogP contribution in [0, 0.1) is 0 Å². The third kappa shape index (κ3) is 1.43. The van der Waals surface area contributed by atoms with Gasteiger partial charge in [-0.25, -0.2) is 13.2 Å². The van der Waals surface area contributed by atoms with Gasteiger partial charge in [-0.3, -0.25) is 0 Å². The van der Waals surface area contributed by atoms with Crippen molar-refractivity contribution in [2.24, 2.45) is 0 Å². The second kappa shape index (κ2) is 3.06. The minimum absolute atomic E-state index is 0.137. The number of carbonyl (C=O) groups is 1. The summed E-state index contributed by atoms with van der Waals surface area (Å²) in [6.45, 7) is 1.63. The molecule has 0 amide bonds. The van der Waals surface area contributed by atoms with E-state index in [1.54, 1.807) is 6.92 Å². The lowest BCUT2D eigenvalue weighted by atomic mass is 10.1. The van der Waals surface area contributed by atoms with Crippen molar-refractivity contribution in [3.8, 4) is 0 Å². The van der Waals surface area contributed by atoms with Crippen LogP contribution in [0.25, 0.3) is 0 Å². The molecular weight excluding hydrogens is 216 g/mol. The Hall–Kier alpha value is -1.36. The summed E-state index contributed by atoms with van der Waals surface area (Å²) in [4.78, 5) is 11.0. The van der Waals surface area contributed by atoms with Crippen molar-refractivity contribution in [2.75, 3.05) is 0 Å². The van der Waals surface area contributed by atoms with Crippen LogP contribution in [-0.2, 0) is 16.3 Å². The molecule has 0 fully saturated rings. The van der Waals surface area contributed by atoms with Crippen LogP contribution >= 0.6 is 0 Å². The van der Waals surface area contributed by atoms with Gasteiger partial charge in [0.1, 0.15) is 0 Å². The molecule has 1 heterocycles. The number of hydrogen-bond donors (Lipinski definition) is 1. The molecule has 1 aliphatic rings. The summed E-state index contributed by atoms with van der Waals surface area (Å²) >= 11 is 0. The zero-order valence-electron chi connectivity index (χ0n) is 8.10. The molecule has 0 spiro atoms. The van der Waals surface area contributed by atoms with E-state index in [0.717, 1.165) is 0 Å². The highest BCUT2D eigenvalue weighted by Crippen LogP contribution is 2.31. The van der Waals surface area contributed by atoms with Crippen LogP contribution in [0.15, 0.2) is 23.1 Å². The molecule has 0 saturated heterocycles. The van der Waals surface area contributed by atoms with Crippen molar-refractivity contribution in [1.29, 1.82) is 0 Å². The quantitative estimate of drug-likeness (QED) is 0.778. The highest BCUT2D eigenvalue weighted by atomic mass is 32.2. The van der Waals surface area contributed by atoms with E-state index in [-0.39, 0.29) is 10.5 Å². The van der Waals surface area contributed by atoms with Gasteiger partial charge in [-0.1, -0.05) is 0 Å². The first-order chi connectivity index (χ1) is 6.93. The minimum atomic E-state index is -3.22. The van der Waals surface area contributed by atoms with E-state index in [1.807, 2.05) is 0 Å². The van der Waals surface area contributed by atoms with Gasteiger partial charge in [-0.2, -0.15) is 0 Å². The fourth-order valence-electron chi connectivity index (χ4n) is 1.79. The number of carboxylic acid groups (broad SMARTS) is 1. The number of fused-ring (bicyclic) bond motifs is 1. The topological polar surface area (TPSA) is 71.4 Å². The summed E-state index contributed by atoms with van der Waals surface area (Å²) in [5.41, 5.74) is 0.750. The molecule has 0 bridgehead atoms. The maximum atomic E-state index is 11.7. The third-order valence-electron chi connectivity index (χ3n) is 2.65. The van der Waals surface area contributed by atoms with Gasteiger partial charge in [-0.15, -0.1) is 0 Å². The van der Waals surface area contributed by atoms with Gasteiger partial charge in [0, 0.05) is 0 Å². The van der Waals surface area contributed by atoms with Gasteiger partial charge < -0.3 is 5.11 Å². The van der Waals surface area contributed by atoms with Crippen LogP contribution in [0.4, 0.5) is 0 Å². The average molecular weight is 226 g/mol. The Morgan fingerprint density at radius 1 is 1.47 bits per heavy atom. The van der Waals surface area contributed by atoms with Crippen molar-refractivity contribution >= 4 is 15.8 Å². The van der Waals surface area contributed by atoms with E-state index in [2.05, 4.69) is 0 Å². The van der Waals surface area contributed by atoms with Crippen LogP contribution < -0.4 is 0 Å². The van der Waals surface area contributed by atoms with Crippen molar-refractivity contribution in [1.82, 2.24) is 0 Å². The maximum absolute atomic E-state index is 11.7. The Morgan fingerprint density at radius 2 is 2.13 bits per heavy atom. The van der Waals surface area contributed by atoms with E-state index in [1.165, 1.54) is 18.2 Å². The minimum Gasteiger partial charge on any atom is -0.478 e. The number of sulfone groups is 1. The van der Waals surface area contributed by atoms with E-state index >= 15 is 0 Å².